The van der Waals surface area contributed by atoms with Crippen LogP contribution in [0.2, 0.25) is 0 Å². The van der Waals surface area contributed by atoms with Crippen LogP contribution in [-0.4, -0.2) is 30.5 Å². The molecule has 1 heterocycles. The zero-order valence-electron chi connectivity index (χ0n) is 13.4. The van der Waals surface area contributed by atoms with E-state index in [1.165, 1.54) is 16.0 Å². The van der Waals surface area contributed by atoms with Gasteiger partial charge in [-0.15, -0.1) is 11.3 Å². The van der Waals surface area contributed by atoms with E-state index in [1.54, 1.807) is 11.3 Å². The second-order valence-corrected chi connectivity index (χ2v) is 6.58. The summed E-state index contributed by atoms with van der Waals surface area (Å²) in [6.45, 7) is 6.27. The van der Waals surface area contributed by atoms with Crippen LogP contribution in [0, 0.1) is 13.8 Å². The second-order valence-electron chi connectivity index (χ2n) is 5.64. The Morgan fingerprint density at radius 1 is 1.24 bits per heavy atom. The van der Waals surface area contributed by atoms with Gasteiger partial charge in [-0.2, -0.15) is 0 Å². The van der Waals surface area contributed by atoms with Crippen molar-refractivity contribution < 1.29 is 0 Å². The van der Waals surface area contributed by atoms with Gasteiger partial charge in [0.1, 0.15) is 0 Å². The van der Waals surface area contributed by atoms with Crippen molar-refractivity contribution in [2.45, 2.75) is 32.9 Å². The molecule has 0 bridgehead atoms. The van der Waals surface area contributed by atoms with Crippen LogP contribution < -0.4 is 5.32 Å². The summed E-state index contributed by atoms with van der Waals surface area (Å²) in [6.07, 6.45) is 1.11. The average molecular weight is 303 g/mol. The van der Waals surface area contributed by atoms with E-state index in [9.17, 15) is 0 Å². The third-order valence-corrected chi connectivity index (χ3v) is 4.81. The number of rotatable bonds is 7. The molecule has 1 N–H and O–H groups in total. The highest BCUT2D eigenvalue weighted by molar-refractivity contribution is 7.09. The lowest BCUT2D eigenvalue weighted by atomic mass is 10.0. The van der Waals surface area contributed by atoms with Crippen LogP contribution in [-0.2, 0) is 6.54 Å². The summed E-state index contributed by atoms with van der Waals surface area (Å²) in [5.41, 5.74) is 5.77. The predicted molar refractivity (Wildman–Crippen MR) is 90.8 cm³/mol. The van der Waals surface area contributed by atoms with E-state index >= 15 is 0 Å². The highest BCUT2D eigenvalue weighted by Crippen LogP contribution is 2.19. The number of thiazole rings is 1. The lowest BCUT2D eigenvalue weighted by Crippen LogP contribution is -2.25. The van der Waals surface area contributed by atoms with Crippen LogP contribution in [0.5, 0.6) is 0 Å². The van der Waals surface area contributed by atoms with Crippen molar-refractivity contribution in [1.82, 2.24) is 15.2 Å². The Morgan fingerprint density at radius 2 is 1.95 bits per heavy atom. The molecule has 0 aliphatic heterocycles. The van der Waals surface area contributed by atoms with E-state index in [2.05, 4.69) is 60.4 Å². The number of aromatic nitrogens is 1. The molecule has 0 spiro atoms. The van der Waals surface area contributed by atoms with Gasteiger partial charge in [0.25, 0.3) is 0 Å². The Balaban J connectivity index is 1.88. The monoisotopic (exact) mass is 303 g/mol. The first-order valence-electron chi connectivity index (χ1n) is 7.41. The molecule has 3 nitrogen and oxygen atoms in total. The summed E-state index contributed by atoms with van der Waals surface area (Å²) in [7, 11) is 4.22. The van der Waals surface area contributed by atoms with Gasteiger partial charge >= 0.3 is 0 Å². The Hall–Kier alpha value is -1.23. The molecule has 0 saturated heterocycles. The van der Waals surface area contributed by atoms with Crippen molar-refractivity contribution in [3.63, 3.8) is 0 Å². The Labute approximate surface area is 132 Å². The smallest absolute Gasteiger partial charge is 0.0798 e. The van der Waals surface area contributed by atoms with Crippen LogP contribution in [0.4, 0.5) is 0 Å². The van der Waals surface area contributed by atoms with Gasteiger partial charge in [-0.3, -0.25) is 0 Å². The van der Waals surface area contributed by atoms with Gasteiger partial charge in [0.05, 0.1) is 11.2 Å². The van der Waals surface area contributed by atoms with E-state index in [4.69, 9.17) is 0 Å². The second kappa shape index (κ2) is 7.69. The molecule has 1 atom stereocenters. The Kier molecular flexibility index (Phi) is 5.91. The molecular formula is C17H25N3S. The van der Waals surface area contributed by atoms with Crippen molar-refractivity contribution in [2.75, 3.05) is 20.6 Å². The summed E-state index contributed by atoms with van der Waals surface area (Å²) in [5, 5.41) is 3.43. The first kappa shape index (κ1) is 16.1. The quantitative estimate of drug-likeness (QED) is 0.848. The fourth-order valence-electron chi connectivity index (χ4n) is 2.43. The zero-order valence-corrected chi connectivity index (χ0v) is 14.2. The molecule has 114 valence electrons. The Bertz CT molecular complexity index is 547. The molecule has 1 aromatic carbocycles. The number of benzene rings is 1. The van der Waals surface area contributed by atoms with Crippen LogP contribution in [0.25, 0.3) is 0 Å². The van der Waals surface area contributed by atoms with Crippen LogP contribution in [0.3, 0.4) is 0 Å². The molecule has 4 heteroatoms. The third-order valence-electron chi connectivity index (χ3n) is 3.89. The third kappa shape index (κ3) is 4.63. The molecule has 0 saturated carbocycles. The standard InChI is InChI=1S/C17H25N3S/c1-13-5-7-15(8-6-13)16(18-3)9-10-20(4)11-17-14(2)19-12-21-17/h5-8,12,16,18H,9-11H2,1-4H3. The maximum Gasteiger partial charge on any atom is 0.0798 e. The van der Waals surface area contributed by atoms with Gasteiger partial charge in [0.2, 0.25) is 0 Å². The molecule has 0 amide bonds. The van der Waals surface area contributed by atoms with Crippen molar-refractivity contribution in [2.24, 2.45) is 0 Å². The average Bonchev–Trinajstić information content (AvgIpc) is 2.87. The number of nitrogens with one attached hydrogen (secondary N) is 1. The molecule has 0 radical (unpaired) electrons. The predicted octanol–water partition coefficient (Wildman–Crippen LogP) is 3.54. The lowest BCUT2D eigenvalue weighted by molar-refractivity contribution is 0.305. The Morgan fingerprint density at radius 3 is 2.52 bits per heavy atom. The van der Waals surface area contributed by atoms with E-state index in [-0.39, 0.29) is 0 Å². The normalized spacial score (nSPS) is 12.8. The minimum Gasteiger partial charge on any atom is -0.313 e. The molecule has 0 fully saturated rings. The maximum absolute atomic E-state index is 4.32. The number of aryl methyl sites for hydroxylation is 2. The maximum atomic E-state index is 4.32. The van der Waals surface area contributed by atoms with Gasteiger partial charge in [-0.05, 0) is 39.9 Å². The fraction of sp³-hybridized carbons (Fsp3) is 0.471. The highest BCUT2D eigenvalue weighted by atomic mass is 32.1. The molecule has 1 aromatic heterocycles. The minimum absolute atomic E-state index is 0.413. The number of hydrogen-bond donors (Lipinski definition) is 1. The molecular weight excluding hydrogens is 278 g/mol. The fourth-order valence-corrected chi connectivity index (χ4v) is 3.28. The molecule has 2 rings (SSSR count). The minimum atomic E-state index is 0.413. The van der Waals surface area contributed by atoms with Crippen molar-refractivity contribution in [1.29, 1.82) is 0 Å². The summed E-state index contributed by atoms with van der Waals surface area (Å²) in [4.78, 5) is 8.06. The van der Waals surface area contributed by atoms with Gasteiger partial charge in [0, 0.05) is 24.0 Å². The zero-order chi connectivity index (χ0) is 15.2. The lowest BCUT2D eigenvalue weighted by Gasteiger charge is -2.21. The molecule has 0 aliphatic rings. The summed E-state index contributed by atoms with van der Waals surface area (Å²) in [5.74, 6) is 0. The first-order valence-corrected chi connectivity index (χ1v) is 8.29. The van der Waals surface area contributed by atoms with Crippen molar-refractivity contribution in [3.8, 4) is 0 Å². The first-order chi connectivity index (χ1) is 10.1. The van der Waals surface area contributed by atoms with Crippen molar-refractivity contribution in [3.05, 3.63) is 51.5 Å². The SMILES string of the molecule is CNC(CCN(C)Cc1scnc1C)c1ccc(C)cc1. The largest absolute Gasteiger partial charge is 0.313 e. The van der Waals surface area contributed by atoms with E-state index in [0.29, 0.717) is 6.04 Å². The topological polar surface area (TPSA) is 28.2 Å². The van der Waals surface area contributed by atoms with Crippen molar-refractivity contribution >= 4 is 11.3 Å². The van der Waals surface area contributed by atoms with Crippen LogP contribution >= 0.6 is 11.3 Å². The highest BCUT2D eigenvalue weighted by Gasteiger charge is 2.11. The summed E-state index contributed by atoms with van der Waals surface area (Å²) in [6, 6.07) is 9.23. The van der Waals surface area contributed by atoms with Crippen LogP contribution in [0.15, 0.2) is 29.8 Å². The van der Waals surface area contributed by atoms with Crippen LogP contribution in [0.1, 0.15) is 34.2 Å². The molecule has 0 aliphatic carbocycles. The molecule has 21 heavy (non-hydrogen) atoms. The molecule has 2 aromatic rings. The van der Waals surface area contributed by atoms with E-state index < -0.39 is 0 Å². The number of nitrogens with zero attached hydrogens (tertiary/aromatic N) is 2. The van der Waals surface area contributed by atoms with Gasteiger partial charge in [-0.1, -0.05) is 29.8 Å². The summed E-state index contributed by atoms with van der Waals surface area (Å²) >= 11 is 1.75. The van der Waals surface area contributed by atoms with E-state index in [0.717, 1.165) is 25.2 Å². The van der Waals surface area contributed by atoms with Gasteiger partial charge in [0.15, 0.2) is 0 Å². The summed E-state index contributed by atoms with van der Waals surface area (Å²) < 4.78 is 0. The van der Waals surface area contributed by atoms with Gasteiger partial charge < -0.3 is 10.2 Å². The van der Waals surface area contributed by atoms with E-state index in [1.807, 2.05) is 12.6 Å². The van der Waals surface area contributed by atoms with Gasteiger partial charge in [-0.25, -0.2) is 4.98 Å². The number of hydrogen-bond acceptors (Lipinski definition) is 4. The molecule has 1 unspecified atom stereocenters.